The van der Waals surface area contributed by atoms with E-state index in [1.165, 1.54) is 11.9 Å². The molecule has 1 N–H and O–H groups in total. The molecule has 1 aromatic carbocycles. The number of rotatable bonds is 6. The van der Waals surface area contributed by atoms with E-state index in [4.69, 9.17) is 4.74 Å². The molecule has 0 saturated heterocycles. The topological polar surface area (TPSA) is 47.0 Å². The Morgan fingerprint density at radius 1 is 1.15 bits per heavy atom. The van der Waals surface area contributed by atoms with Gasteiger partial charge in [0.1, 0.15) is 12.1 Å². The molecule has 4 nitrogen and oxygen atoms in total. The number of aromatic nitrogens is 2. The molecule has 0 radical (unpaired) electrons. The Labute approximate surface area is 120 Å². The smallest absolute Gasteiger partial charge is 0.218 e. The third-order valence-electron chi connectivity index (χ3n) is 2.93. The van der Waals surface area contributed by atoms with Gasteiger partial charge in [-0.15, -0.1) is 0 Å². The second kappa shape index (κ2) is 6.89. The molecule has 4 heteroatoms. The Kier molecular flexibility index (Phi) is 4.93. The molecule has 1 heterocycles. The van der Waals surface area contributed by atoms with E-state index >= 15 is 0 Å². The summed E-state index contributed by atoms with van der Waals surface area (Å²) < 4.78 is 5.58. The molecule has 0 aliphatic heterocycles. The number of nitrogens with zero attached hydrogens (tertiary/aromatic N) is 2. The number of ether oxygens (including phenoxy) is 1. The largest absolute Gasteiger partial charge is 0.475 e. The lowest BCUT2D eigenvalue weighted by Crippen LogP contribution is -2.12. The Bertz CT molecular complexity index is 528. The van der Waals surface area contributed by atoms with E-state index in [2.05, 4.69) is 34.3 Å². The Hall–Kier alpha value is -2.10. The molecule has 0 bridgehead atoms. The van der Waals surface area contributed by atoms with Crippen molar-refractivity contribution in [3.05, 3.63) is 48.3 Å². The predicted octanol–water partition coefficient (Wildman–Crippen LogP) is 3.83. The van der Waals surface area contributed by atoms with Crippen molar-refractivity contribution in [1.82, 2.24) is 9.97 Å². The summed E-state index contributed by atoms with van der Waals surface area (Å²) in [5.74, 6) is 1.38. The first-order valence-corrected chi connectivity index (χ1v) is 6.99. The van der Waals surface area contributed by atoms with Crippen LogP contribution in [0, 0.1) is 0 Å². The van der Waals surface area contributed by atoms with E-state index in [1.54, 1.807) is 0 Å². The molecule has 0 fully saturated rings. The highest BCUT2D eigenvalue weighted by Crippen LogP contribution is 2.22. The standard InChI is InChI=1S/C16H21N3O/c1-4-14(13-8-6-5-7-9-13)19-15-10-16(18-11-17-15)20-12(2)3/h5-12,14H,4H2,1-3H3,(H,17,18,19). The molecule has 106 valence electrons. The highest BCUT2D eigenvalue weighted by atomic mass is 16.5. The van der Waals surface area contributed by atoms with Crippen molar-refractivity contribution in [3.8, 4) is 5.88 Å². The number of nitrogens with one attached hydrogen (secondary N) is 1. The molecular weight excluding hydrogens is 250 g/mol. The normalized spacial score (nSPS) is 12.2. The van der Waals surface area contributed by atoms with E-state index in [0.29, 0.717) is 5.88 Å². The van der Waals surface area contributed by atoms with Crippen molar-refractivity contribution in [3.63, 3.8) is 0 Å². The van der Waals surface area contributed by atoms with Gasteiger partial charge in [-0.05, 0) is 25.8 Å². The summed E-state index contributed by atoms with van der Waals surface area (Å²) in [6, 6.07) is 12.4. The van der Waals surface area contributed by atoms with Crippen LogP contribution < -0.4 is 10.1 Å². The van der Waals surface area contributed by atoms with Gasteiger partial charge in [0.05, 0.1) is 12.1 Å². The Morgan fingerprint density at radius 2 is 1.90 bits per heavy atom. The lowest BCUT2D eigenvalue weighted by molar-refractivity contribution is 0.232. The second-order valence-electron chi connectivity index (χ2n) is 4.92. The molecular formula is C16H21N3O. The van der Waals surface area contributed by atoms with Crippen molar-refractivity contribution < 1.29 is 4.74 Å². The third-order valence-corrected chi connectivity index (χ3v) is 2.93. The maximum absolute atomic E-state index is 5.58. The van der Waals surface area contributed by atoms with Gasteiger partial charge in [0.25, 0.3) is 0 Å². The maximum atomic E-state index is 5.58. The van der Waals surface area contributed by atoms with Crippen LogP contribution in [0.15, 0.2) is 42.7 Å². The van der Waals surface area contributed by atoms with Crippen LogP contribution in [-0.4, -0.2) is 16.1 Å². The average Bonchev–Trinajstić information content (AvgIpc) is 2.45. The highest BCUT2D eigenvalue weighted by molar-refractivity contribution is 5.40. The predicted molar refractivity (Wildman–Crippen MR) is 80.9 cm³/mol. The molecule has 0 amide bonds. The minimum atomic E-state index is 0.105. The van der Waals surface area contributed by atoms with Crippen LogP contribution in [0.2, 0.25) is 0 Å². The van der Waals surface area contributed by atoms with E-state index < -0.39 is 0 Å². The van der Waals surface area contributed by atoms with Crippen LogP contribution in [0.1, 0.15) is 38.8 Å². The van der Waals surface area contributed by atoms with Gasteiger partial charge in [0.2, 0.25) is 5.88 Å². The Morgan fingerprint density at radius 3 is 2.55 bits per heavy atom. The van der Waals surface area contributed by atoms with Crippen LogP contribution in [0.5, 0.6) is 5.88 Å². The van der Waals surface area contributed by atoms with Crippen molar-refractivity contribution in [2.45, 2.75) is 39.3 Å². The monoisotopic (exact) mass is 271 g/mol. The summed E-state index contributed by atoms with van der Waals surface area (Å²) in [4.78, 5) is 8.37. The van der Waals surface area contributed by atoms with Gasteiger partial charge in [-0.1, -0.05) is 37.3 Å². The molecule has 2 rings (SSSR count). The SMILES string of the molecule is CCC(Nc1cc(OC(C)C)ncn1)c1ccccc1. The number of hydrogen-bond donors (Lipinski definition) is 1. The molecule has 0 spiro atoms. The fourth-order valence-corrected chi connectivity index (χ4v) is 2.01. The molecule has 20 heavy (non-hydrogen) atoms. The lowest BCUT2D eigenvalue weighted by Gasteiger charge is -2.18. The van der Waals surface area contributed by atoms with Crippen molar-refractivity contribution in [2.75, 3.05) is 5.32 Å². The number of hydrogen-bond acceptors (Lipinski definition) is 4. The minimum Gasteiger partial charge on any atom is -0.475 e. The van der Waals surface area contributed by atoms with Gasteiger partial charge in [0.15, 0.2) is 0 Å². The van der Waals surface area contributed by atoms with Gasteiger partial charge in [-0.3, -0.25) is 0 Å². The first-order valence-electron chi connectivity index (χ1n) is 6.99. The molecule has 1 atom stereocenters. The zero-order valence-electron chi connectivity index (χ0n) is 12.2. The third kappa shape index (κ3) is 3.95. The van der Waals surface area contributed by atoms with Gasteiger partial charge in [-0.2, -0.15) is 0 Å². The van der Waals surface area contributed by atoms with Gasteiger partial charge < -0.3 is 10.1 Å². The van der Waals surface area contributed by atoms with Crippen molar-refractivity contribution in [2.24, 2.45) is 0 Å². The highest BCUT2D eigenvalue weighted by Gasteiger charge is 2.10. The van der Waals surface area contributed by atoms with E-state index in [1.807, 2.05) is 38.1 Å². The summed E-state index contributed by atoms with van der Waals surface area (Å²) in [5, 5.41) is 3.43. The molecule has 0 aliphatic rings. The van der Waals surface area contributed by atoms with E-state index in [-0.39, 0.29) is 12.1 Å². The fraction of sp³-hybridized carbons (Fsp3) is 0.375. The van der Waals surface area contributed by atoms with E-state index in [0.717, 1.165) is 12.2 Å². The number of anilines is 1. The number of benzene rings is 1. The van der Waals surface area contributed by atoms with Crippen LogP contribution in [0.3, 0.4) is 0 Å². The van der Waals surface area contributed by atoms with Crippen LogP contribution >= 0.6 is 0 Å². The summed E-state index contributed by atoms with van der Waals surface area (Å²) in [6.07, 6.45) is 2.61. The second-order valence-corrected chi connectivity index (χ2v) is 4.92. The summed E-state index contributed by atoms with van der Waals surface area (Å²) in [6.45, 7) is 6.11. The van der Waals surface area contributed by atoms with Gasteiger partial charge in [-0.25, -0.2) is 9.97 Å². The zero-order chi connectivity index (χ0) is 14.4. The quantitative estimate of drug-likeness (QED) is 0.867. The lowest BCUT2D eigenvalue weighted by atomic mass is 10.0. The van der Waals surface area contributed by atoms with Crippen molar-refractivity contribution in [1.29, 1.82) is 0 Å². The first kappa shape index (κ1) is 14.3. The Balaban J connectivity index is 2.12. The summed E-state index contributed by atoms with van der Waals surface area (Å²) in [5.41, 5.74) is 1.25. The maximum Gasteiger partial charge on any atom is 0.218 e. The van der Waals surface area contributed by atoms with Crippen LogP contribution in [0.25, 0.3) is 0 Å². The zero-order valence-corrected chi connectivity index (χ0v) is 12.2. The van der Waals surface area contributed by atoms with Gasteiger partial charge >= 0.3 is 0 Å². The fourth-order valence-electron chi connectivity index (χ4n) is 2.01. The van der Waals surface area contributed by atoms with Crippen LogP contribution in [0.4, 0.5) is 5.82 Å². The van der Waals surface area contributed by atoms with Crippen molar-refractivity contribution >= 4 is 5.82 Å². The molecule has 1 aromatic heterocycles. The summed E-state index contributed by atoms with van der Waals surface area (Å²) >= 11 is 0. The molecule has 0 saturated carbocycles. The molecule has 2 aromatic rings. The molecule has 1 unspecified atom stereocenters. The average molecular weight is 271 g/mol. The minimum absolute atomic E-state index is 0.105. The summed E-state index contributed by atoms with van der Waals surface area (Å²) in [7, 11) is 0. The van der Waals surface area contributed by atoms with Crippen LogP contribution in [-0.2, 0) is 0 Å². The van der Waals surface area contributed by atoms with Gasteiger partial charge in [0, 0.05) is 6.07 Å². The van der Waals surface area contributed by atoms with E-state index in [9.17, 15) is 0 Å². The molecule has 0 aliphatic carbocycles. The first-order chi connectivity index (χ1) is 9.69.